The van der Waals surface area contributed by atoms with E-state index in [4.69, 9.17) is 10.5 Å². The van der Waals surface area contributed by atoms with Crippen molar-refractivity contribution in [1.82, 2.24) is 0 Å². The van der Waals surface area contributed by atoms with E-state index in [1.165, 1.54) is 0 Å². The molecule has 0 saturated heterocycles. The van der Waals surface area contributed by atoms with Crippen LogP contribution in [0.5, 0.6) is 0 Å². The molecular weight excluding hydrogens is 272 g/mol. The predicted octanol–water partition coefficient (Wildman–Crippen LogP) is 3.53. The van der Waals surface area contributed by atoms with Gasteiger partial charge in [0.05, 0.1) is 11.4 Å². The van der Waals surface area contributed by atoms with Gasteiger partial charge in [-0.1, -0.05) is 6.92 Å². The molecule has 0 spiro atoms. The van der Waals surface area contributed by atoms with Gasteiger partial charge in [0.2, 0.25) is 5.91 Å². The Balaban J connectivity index is 2.50. The monoisotopic (exact) mass is 296 g/mol. The number of rotatable bonds is 9. The molecule has 0 radical (unpaired) electrons. The summed E-state index contributed by atoms with van der Waals surface area (Å²) in [6, 6.07) is 5.77. The first-order valence-corrected chi connectivity index (χ1v) is 8.05. The largest absolute Gasteiger partial charge is 0.397 e. The predicted molar refractivity (Wildman–Crippen MR) is 86.2 cm³/mol. The van der Waals surface area contributed by atoms with Crippen molar-refractivity contribution in [3.8, 4) is 0 Å². The molecule has 0 aliphatic heterocycles. The van der Waals surface area contributed by atoms with Gasteiger partial charge in [-0.25, -0.2) is 0 Å². The molecule has 0 atom stereocenters. The molecule has 20 heavy (non-hydrogen) atoms. The van der Waals surface area contributed by atoms with Gasteiger partial charge in [-0.2, -0.15) is 0 Å². The summed E-state index contributed by atoms with van der Waals surface area (Å²) >= 11 is 1.77. The van der Waals surface area contributed by atoms with E-state index in [2.05, 4.69) is 12.2 Å². The van der Waals surface area contributed by atoms with Gasteiger partial charge in [-0.05, 0) is 43.7 Å². The van der Waals surface area contributed by atoms with Gasteiger partial charge in [0, 0.05) is 24.5 Å². The number of hydrogen-bond acceptors (Lipinski definition) is 4. The van der Waals surface area contributed by atoms with Gasteiger partial charge in [0.1, 0.15) is 0 Å². The molecule has 1 amide bonds. The van der Waals surface area contributed by atoms with Gasteiger partial charge < -0.3 is 15.8 Å². The third-order valence-corrected chi connectivity index (χ3v) is 3.87. The van der Waals surface area contributed by atoms with E-state index in [0.29, 0.717) is 31.0 Å². The average Bonchev–Trinajstić information content (AvgIpc) is 2.44. The second-order valence-corrected chi connectivity index (χ2v) is 5.61. The zero-order valence-electron chi connectivity index (χ0n) is 12.3. The fraction of sp³-hybridized carbons (Fsp3) is 0.533. The van der Waals surface area contributed by atoms with Crippen LogP contribution >= 0.6 is 11.8 Å². The van der Waals surface area contributed by atoms with Crippen molar-refractivity contribution in [2.75, 3.05) is 30.0 Å². The molecule has 0 saturated carbocycles. The van der Waals surface area contributed by atoms with Crippen molar-refractivity contribution >= 4 is 29.0 Å². The van der Waals surface area contributed by atoms with E-state index in [0.717, 1.165) is 23.5 Å². The molecule has 0 fully saturated rings. The quantitative estimate of drug-likeness (QED) is 0.416. The summed E-state index contributed by atoms with van der Waals surface area (Å²) in [6.45, 7) is 5.39. The van der Waals surface area contributed by atoms with Crippen molar-refractivity contribution in [3.63, 3.8) is 0 Å². The number of carbonyl (C=O) groups excluding carboxylic acids is 1. The van der Waals surface area contributed by atoms with E-state index >= 15 is 0 Å². The van der Waals surface area contributed by atoms with Crippen LogP contribution in [0.1, 0.15) is 33.1 Å². The van der Waals surface area contributed by atoms with E-state index in [1.807, 2.05) is 25.1 Å². The summed E-state index contributed by atoms with van der Waals surface area (Å²) in [7, 11) is 0. The van der Waals surface area contributed by atoms with Crippen LogP contribution in [0.15, 0.2) is 23.1 Å². The maximum absolute atomic E-state index is 11.8. The zero-order chi connectivity index (χ0) is 14.8. The van der Waals surface area contributed by atoms with Crippen molar-refractivity contribution in [3.05, 3.63) is 18.2 Å². The minimum absolute atomic E-state index is 0.0194. The van der Waals surface area contributed by atoms with E-state index in [9.17, 15) is 4.79 Å². The SMILES string of the molecule is CCCSc1ccc(N)c(NC(=O)CCCOCC)c1. The first-order chi connectivity index (χ1) is 9.67. The molecule has 4 nitrogen and oxygen atoms in total. The Morgan fingerprint density at radius 1 is 1.40 bits per heavy atom. The Hall–Kier alpha value is -1.20. The van der Waals surface area contributed by atoms with Crippen molar-refractivity contribution in [1.29, 1.82) is 0 Å². The zero-order valence-corrected chi connectivity index (χ0v) is 13.1. The number of ether oxygens (including phenoxy) is 1. The standard InChI is InChI=1S/C15H24N2O2S/c1-3-10-20-12-7-8-13(16)14(11-12)17-15(18)6-5-9-19-4-2/h7-8,11H,3-6,9-10,16H2,1-2H3,(H,17,18). The van der Waals surface area contributed by atoms with Gasteiger partial charge in [0.15, 0.2) is 0 Å². The number of nitrogen functional groups attached to an aromatic ring is 1. The maximum Gasteiger partial charge on any atom is 0.224 e. The Morgan fingerprint density at radius 2 is 2.20 bits per heavy atom. The number of benzene rings is 1. The van der Waals surface area contributed by atoms with Crippen LogP contribution in [0.3, 0.4) is 0 Å². The molecule has 1 rings (SSSR count). The highest BCUT2D eigenvalue weighted by atomic mass is 32.2. The summed E-state index contributed by atoms with van der Waals surface area (Å²) < 4.78 is 5.21. The molecule has 0 heterocycles. The molecule has 1 aromatic carbocycles. The highest BCUT2D eigenvalue weighted by molar-refractivity contribution is 7.99. The van der Waals surface area contributed by atoms with Crippen LogP contribution in [-0.2, 0) is 9.53 Å². The molecule has 5 heteroatoms. The minimum atomic E-state index is -0.0194. The van der Waals surface area contributed by atoms with Crippen molar-refractivity contribution < 1.29 is 9.53 Å². The van der Waals surface area contributed by atoms with E-state index < -0.39 is 0 Å². The van der Waals surface area contributed by atoms with E-state index in [-0.39, 0.29) is 5.91 Å². The molecule has 3 N–H and O–H groups in total. The number of thioether (sulfide) groups is 1. The van der Waals surface area contributed by atoms with Crippen LogP contribution in [0.4, 0.5) is 11.4 Å². The second kappa shape index (κ2) is 9.66. The van der Waals surface area contributed by atoms with E-state index in [1.54, 1.807) is 11.8 Å². The molecular formula is C15H24N2O2S. The fourth-order valence-corrected chi connectivity index (χ4v) is 2.45. The first-order valence-electron chi connectivity index (χ1n) is 7.07. The molecule has 0 aliphatic carbocycles. The third kappa shape index (κ3) is 6.30. The van der Waals surface area contributed by atoms with Crippen LogP contribution < -0.4 is 11.1 Å². The molecule has 0 aliphatic rings. The van der Waals surface area contributed by atoms with Crippen LogP contribution in [0.2, 0.25) is 0 Å². The smallest absolute Gasteiger partial charge is 0.224 e. The third-order valence-electron chi connectivity index (χ3n) is 2.67. The van der Waals surface area contributed by atoms with Crippen LogP contribution in [-0.4, -0.2) is 24.9 Å². The average molecular weight is 296 g/mol. The lowest BCUT2D eigenvalue weighted by Crippen LogP contribution is -2.13. The Morgan fingerprint density at radius 3 is 2.90 bits per heavy atom. The second-order valence-electron chi connectivity index (χ2n) is 4.45. The van der Waals surface area contributed by atoms with Gasteiger partial charge in [-0.3, -0.25) is 4.79 Å². The van der Waals surface area contributed by atoms with Crippen LogP contribution in [0, 0.1) is 0 Å². The molecule has 112 valence electrons. The molecule has 0 unspecified atom stereocenters. The number of hydrogen-bond donors (Lipinski definition) is 2. The Bertz CT molecular complexity index is 424. The highest BCUT2D eigenvalue weighted by Crippen LogP contribution is 2.27. The number of nitrogens with one attached hydrogen (secondary N) is 1. The fourth-order valence-electron chi connectivity index (χ4n) is 1.65. The minimum Gasteiger partial charge on any atom is -0.397 e. The summed E-state index contributed by atoms with van der Waals surface area (Å²) in [6.07, 6.45) is 2.30. The summed E-state index contributed by atoms with van der Waals surface area (Å²) in [5, 5.41) is 2.87. The Kier molecular flexibility index (Phi) is 8.14. The van der Waals surface area contributed by atoms with Gasteiger partial charge >= 0.3 is 0 Å². The maximum atomic E-state index is 11.8. The van der Waals surface area contributed by atoms with Crippen molar-refractivity contribution in [2.45, 2.75) is 38.0 Å². The lowest BCUT2D eigenvalue weighted by Gasteiger charge is -2.10. The Labute approximate surface area is 125 Å². The number of nitrogens with two attached hydrogens (primary N) is 1. The van der Waals surface area contributed by atoms with Crippen LogP contribution in [0.25, 0.3) is 0 Å². The lowest BCUT2D eigenvalue weighted by molar-refractivity contribution is -0.116. The first kappa shape index (κ1) is 16.9. The lowest BCUT2D eigenvalue weighted by atomic mass is 10.2. The van der Waals surface area contributed by atoms with Gasteiger partial charge in [0.25, 0.3) is 0 Å². The topological polar surface area (TPSA) is 64.3 Å². The number of amides is 1. The summed E-state index contributed by atoms with van der Waals surface area (Å²) in [5.41, 5.74) is 7.20. The van der Waals surface area contributed by atoms with Gasteiger partial charge in [-0.15, -0.1) is 11.8 Å². The normalized spacial score (nSPS) is 10.5. The highest BCUT2D eigenvalue weighted by Gasteiger charge is 2.06. The van der Waals surface area contributed by atoms with Crippen molar-refractivity contribution in [2.24, 2.45) is 0 Å². The summed E-state index contributed by atoms with van der Waals surface area (Å²) in [5.74, 6) is 1.04. The molecule has 1 aromatic rings. The number of anilines is 2. The molecule has 0 bridgehead atoms. The molecule has 0 aromatic heterocycles. The summed E-state index contributed by atoms with van der Waals surface area (Å²) in [4.78, 5) is 13.0. The number of carbonyl (C=O) groups is 1.